The van der Waals surface area contributed by atoms with E-state index in [-0.39, 0.29) is 11.9 Å². The molecule has 3 rings (SSSR count). The molecule has 0 spiro atoms. The maximum atomic E-state index is 13.0. The third-order valence-corrected chi connectivity index (χ3v) is 4.57. The molecule has 0 aromatic heterocycles. The summed E-state index contributed by atoms with van der Waals surface area (Å²) in [7, 11) is 1.53. The van der Waals surface area contributed by atoms with Crippen molar-refractivity contribution in [2.24, 2.45) is 0 Å². The number of hydrogen-bond acceptors (Lipinski definition) is 3. The van der Waals surface area contributed by atoms with Gasteiger partial charge in [-0.25, -0.2) is 0 Å². The SMILES string of the molecule is COc1cccc(C(=O)N[C@@H](C)c2ccccc2)c1[C@H](O)c1ccccc1. The maximum absolute atomic E-state index is 13.0. The predicted molar refractivity (Wildman–Crippen MR) is 106 cm³/mol. The third kappa shape index (κ3) is 4.18. The minimum absolute atomic E-state index is 0.161. The number of ether oxygens (including phenoxy) is 1. The van der Waals surface area contributed by atoms with E-state index in [1.54, 1.807) is 18.2 Å². The van der Waals surface area contributed by atoms with Crippen LogP contribution in [0.2, 0.25) is 0 Å². The summed E-state index contributed by atoms with van der Waals surface area (Å²) in [4.78, 5) is 13.0. The Labute approximate surface area is 159 Å². The van der Waals surface area contributed by atoms with Gasteiger partial charge in [-0.1, -0.05) is 66.7 Å². The molecular formula is C23H23NO3. The van der Waals surface area contributed by atoms with Gasteiger partial charge in [-0.05, 0) is 30.2 Å². The van der Waals surface area contributed by atoms with Crippen molar-refractivity contribution in [2.45, 2.75) is 19.1 Å². The molecule has 0 saturated carbocycles. The Kier molecular flexibility index (Phi) is 5.89. The summed E-state index contributed by atoms with van der Waals surface area (Å²) in [5, 5.41) is 13.9. The largest absolute Gasteiger partial charge is 0.496 e. The number of aliphatic hydroxyl groups is 1. The molecule has 0 radical (unpaired) electrons. The van der Waals surface area contributed by atoms with Crippen LogP contribution in [0.1, 0.15) is 46.1 Å². The van der Waals surface area contributed by atoms with Gasteiger partial charge in [0.15, 0.2) is 0 Å². The lowest BCUT2D eigenvalue weighted by Crippen LogP contribution is -2.28. The van der Waals surface area contributed by atoms with Crippen molar-refractivity contribution in [1.82, 2.24) is 5.32 Å². The minimum atomic E-state index is -0.963. The lowest BCUT2D eigenvalue weighted by atomic mass is 9.95. The first-order chi connectivity index (χ1) is 13.1. The molecule has 3 aromatic carbocycles. The summed E-state index contributed by atoms with van der Waals surface area (Å²) in [6.45, 7) is 1.93. The molecule has 4 nitrogen and oxygen atoms in total. The van der Waals surface area contributed by atoms with Crippen molar-refractivity contribution < 1.29 is 14.6 Å². The Morgan fingerprint density at radius 3 is 2.07 bits per heavy atom. The highest BCUT2D eigenvalue weighted by atomic mass is 16.5. The van der Waals surface area contributed by atoms with E-state index in [0.29, 0.717) is 22.4 Å². The number of rotatable bonds is 6. The van der Waals surface area contributed by atoms with Gasteiger partial charge in [-0.2, -0.15) is 0 Å². The van der Waals surface area contributed by atoms with Gasteiger partial charge in [0.25, 0.3) is 5.91 Å². The molecule has 27 heavy (non-hydrogen) atoms. The molecule has 3 aromatic rings. The van der Waals surface area contributed by atoms with Gasteiger partial charge < -0.3 is 15.2 Å². The van der Waals surface area contributed by atoms with Crippen molar-refractivity contribution in [2.75, 3.05) is 7.11 Å². The van der Waals surface area contributed by atoms with Gasteiger partial charge in [-0.3, -0.25) is 4.79 Å². The Bertz CT molecular complexity index is 894. The van der Waals surface area contributed by atoms with E-state index in [4.69, 9.17) is 4.74 Å². The first-order valence-corrected chi connectivity index (χ1v) is 8.87. The fourth-order valence-corrected chi connectivity index (χ4v) is 3.10. The average Bonchev–Trinajstić information content (AvgIpc) is 2.73. The first kappa shape index (κ1) is 18.7. The van der Waals surface area contributed by atoms with E-state index in [2.05, 4.69) is 5.32 Å². The first-order valence-electron chi connectivity index (χ1n) is 8.87. The summed E-state index contributed by atoms with van der Waals surface area (Å²) >= 11 is 0. The summed E-state index contributed by atoms with van der Waals surface area (Å²) in [6.07, 6.45) is -0.963. The fourth-order valence-electron chi connectivity index (χ4n) is 3.10. The maximum Gasteiger partial charge on any atom is 0.252 e. The number of benzene rings is 3. The molecule has 0 aliphatic rings. The van der Waals surface area contributed by atoms with Gasteiger partial charge >= 0.3 is 0 Å². The van der Waals surface area contributed by atoms with E-state index < -0.39 is 6.10 Å². The van der Waals surface area contributed by atoms with Crippen LogP contribution in [0.5, 0.6) is 5.75 Å². The molecular weight excluding hydrogens is 338 g/mol. The van der Waals surface area contributed by atoms with Crippen LogP contribution < -0.4 is 10.1 Å². The Balaban J connectivity index is 1.94. The number of carbonyl (C=O) groups is 1. The van der Waals surface area contributed by atoms with Crippen LogP contribution in [0, 0.1) is 0 Å². The molecule has 0 unspecified atom stereocenters. The second kappa shape index (κ2) is 8.52. The number of methoxy groups -OCH3 is 1. The molecule has 2 N–H and O–H groups in total. The number of aliphatic hydroxyl groups excluding tert-OH is 1. The molecule has 1 amide bonds. The number of nitrogens with one attached hydrogen (secondary N) is 1. The normalized spacial score (nSPS) is 12.9. The highest BCUT2D eigenvalue weighted by Gasteiger charge is 2.24. The summed E-state index contributed by atoms with van der Waals surface area (Å²) in [6, 6.07) is 24.0. The van der Waals surface area contributed by atoms with Crippen molar-refractivity contribution in [3.63, 3.8) is 0 Å². The van der Waals surface area contributed by atoms with Crippen LogP contribution in [0.15, 0.2) is 78.9 Å². The molecule has 4 heteroatoms. The van der Waals surface area contributed by atoms with Crippen molar-refractivity contribution in [3.8, 4) is 5.75 Å². The van der Waals surface area contributed by atoms with Crippen LogP contribution in [0.25, 0.3) is 0 Å². The van der Waals surface area contributed by atoms with E-state index >= 15 is 0 Å². The fraction of sp³-hybridized carbons (Fsp3) is 0.174. The van der Waals surface area contributed by atoms with Gasteiger partial charge in [0.05, 0.1) is 13.2 Å². The van der Waals surface area contributed by atoms with E-state index in [1.165, 1.54) is 7.11 Å². The summed E-state index contributed by atoms with van der Waals surface area (Å²) in [5.41, 5.74) is 2.57. The smallest absolute Gasteiger partial charge is 0.252 e. The van der Waals surface area contributed by atoms with Crippen LogP contribution in [0.3, 0.4) is 0 Å². The van der Waals surface area contributed by atoms with Crippen LogP contribution in [-0.2, 0) is 0 Å². The minimum Gasteiger partial charge on any atom is -0.496 e. The zero-order valence-electron chi connectivity index (χ0n) is 15.4. The second-order valence-corrected chi connectivity index (χ2v) is 6.34. The molecule has 0 aliphatic heterocycles. The van der Waals surface area contributed by atoms with E-state index in [0.717, 1.165) is 5.56 Å². The Morgan fingerprint density at radius 1 is 0.889 bits per heavy atom. The second-order valence-electron chi connectivity index (χ2n) is 6.34. The summed E-state index contributed by atoms with van der Waals surface area (Å²) < 4.78 is 5.43. The molecule has 0 heterocycles. The molecule has 0 fully saturated rings. The Hall–Kier alpha value is -3.11. The third-order valence-electron chi connectivity index (χ3n) is 4.57. The van der Waals surface area contributed by atoms with Crippen LogP contribution in [-0.4, -0.2) is 18.1 Å². The van der Waals surface area contributed by atoms with Gasteiger partial charge in [0.1, 0.15) is 11.9 Å². The monoisotopic (exact) mass is 361 g/mol. The molecule has 0 bridgehead atoms. The van der Waals surface area contributed by atoms with Crippen molar-refractivity contribution in [1.29, 1.82) is 0 Å². The summed E-state index contributed by atoms with van der Waals surface area (Å²) in [5.74, 6) is 0.224. The standard InChI is InChI=1S/C23H23NO3/c1-16(17-10-5-3-6-11-17)24-23(26)19-14-9-15-20(27-2)21(19)22(25)18-12-7-4-8-13-18/h3-16,22,25H,1-2H3,(H,24,26)/t16-,22+/m0/s1. The van der Waals surface area contributed by atoms with Crippen LogP contribution in [0.4, 0.5) is 0 Å². The number of hydrogen-bond donors (Lipinski definition) is 2. The van der Waals surface area contributed by atoms with Crippen molar-refractivity contribution in [3.05, 3.63) is 101 Å². The van der Waals surface area contributed by atoms with Gasteiger partial charge in [0, 0.05) is 11.1 Å². The van der Waals surface area contributed by atoms with E-state index in [9.17, 15) is 9.90 Å². The number of carbonyl (C=O) groups excluding carboxylic acids is 1. The average molecular weight is 361 g/mol. The lowest BCUT2D eigenvalue weighted by Gasteiger charge is -2.21. The molecule has 138 valence electrons. The van der Waals surface area contributed by atoms with Crippen molar-refractivity contribution >= 4 is 5.91 Å². The zero-order valence-corrected chi connectivity index (χ0v) is 15.4. The zero-order chi connectivity index (χ0) is 19.2. The quantitative estimate of drug-likeness (QED) is 0.689. The molecule has 0 aliphatic carbocycles. The lowest BCUT2D eigenvalue weighted by molar-refractivity contribution is 0.0934. The molecule has 2 atom stereocenters. The molecule has 0 saturated heterocycles. The topological polar surface area (TPSA) is 58.6 Å². The van der Waals surface area contributed by atoms with Crippen LogP contribution >= 0.6 is 0 Å². The highest BCUT2D eigenvalue weighted by Crippen LogP contribution is 2.33. The predicted octanol–water partition coefficient (Wildman–Crippen LogP) is 4.27. The van der Waals surface area contributed by atoms with E-state index in [1.807, 2.05) is 67.6 Å². The van der Waals surface area contributed by atoms with Gasteiger partial charge in [-0.15, -0.1) is 0 Å². The van der Waals surface area contributed by atoms with Gasteiger partial charge in [0.2, 0.25) is 0 Å². The Morgan fingerprint density at radius 2 is 1.48 bits per heavy atom. The number of amides is 1. The highest BCUT2D eigenvalue weighted by molar-refractivity contribution is 5.97.